The van der Waals surface area contributed by atoms with Crippen molar-refractivity contribution in [1.29, 1.82) is 0 Å². The Morgan fingerprint density at radius 2 is 1.82 bits per heavy atom. The van der Waals surface area contributed by atoms with Gasteiger partial charge in [0.1, 0.15) is 0 Å². The molecule has 3 fully saturated rings. The standard InChI is InChI=1S/C18H33NO3/c1-3-22-16-13-15(18(16)7-5-4-6-8-18)19-14-17(20-2)9-11-21-12-10-17/h15-16,19H,3-14H2,1-2H3/t15-,16+/m1/s1. The van der Waals surface area contributed by atoms with Crippen LogP contribution < -0.4 is 5.32 Å². The number of ether oxygens (including phenoxy) is 3. The van der Waals surface area contributed by atoms with Crippen molar-refractivity contribution >= 4 is 0 Å². The van der Waals surface area contributed by atoms with Gasteiger partial charge in [0.25, 0.3) is 0 Å². The number of methoxy groups -OCH3 is 1. The molecule has 0 amide bonds. The molecule has 128 valence electrons. The second-order valence-electron chi connectivity index (χ2n) is 7.41. The van der Waals surface area contributed by atoms with Gasteiger partial charge in [0.2, 0.25) is 0 Å². The summed E-state index contributed by atoms with van der Waals surface area (Å²) in [5.74, 6) is 0. The van der Waals surface area contributed by atoms with Crippen molar-refractivity contribution in [3.8, 4) is 0 Å². The predicted octanol–water partition coefficient (Wildman–Crippen LogP) is 2.90. The maximum atomic E-state index is 6.05. The zero-order chi connectivity index (χ0) is 15.5. The molecule has 4 heteroatoms. The summed E-state index contributed by atoms with van der Waals surface area (Å²) in [4.78, 5) is 0. The van der Waals surface area contributed by atoms with E-state index in [9.17, 15) is 0 Å². The van der Waals surface area contributed by atoms with Crippen LogP contribution in [0.15, 0.2) is 0 Å². The summed E-state index contributed by atoms with van der Waals surface area (Å²) >= 11 is 0. The molecule has 2 saturated carbocycles. The average molecular weight is 311 g/mol. The topological polar surface area (TPSA) is 39.7 Å². The van der Waals surface area contributed by atoms with Crippen LogP contribution in [0.25, 0.3) is 0 Å². The fraction of sp³-hybridized carbons (Fsp3) is 1.00. The number of rotatable bonds is 6. The fourth-order valence-electron chi connectivity index (χ4n) is 4.86. The Labute approximate surface area is 135 Å². The Kier molecular flexibility index (Phi) is 5.43. The zero-order valence-corrected chi connectivity index (χ0v) is 14.4. The van der Waals surface area contributed by atoms with Crippen molar-refractivity contribution in [3.63, 3.8) is 0 Å². The Morgan fingerprint density at radius 3 is 2.45 bits per heavy atom. The molecule has 1 N–H and O–H groups in total. The third-order valence-electron chi connectivity index (χ3n) is 6.44. The summed E-state index contributed by atoms with van der Waals surface area (Å²) in [5.41, 5.74) is 0.374. The van der Waals surface area contributed by atoms with Crippen LogP contribution in [0.5, 0.6) is 0 Å². The van der Waals surface area contributed by atoms with Crippen molar-refractivity contribution in [3.05, 3.63) is 0 Å². The van der Waals surface area contributed by atoms with Crippen LogP contribution >= 0.6 is 0 Å². The van der Waals surface area contributed by atoms with Gasteiger partial charge in [-0.15, -0.1) is 0 Å². The van der Waals surface area contributed by atoms with E-state index >= 15 is 0 Å². The SMILES string of the molecule is CCO[C@H]1C[C@@H](NCC2(OC)CCOCC2)C12CCCCC2. The van der Waals surface area contributed by atoms with Gasteiger partial charge in [0.15, 0.2) is 0 Å². The predicted molar refractivity (Wildman–Crippen MR) is 87.1 cm³/mol. The van der Waals surface area contributed by atoms with Crippen molar-refractivity contribution in [2.45, 2.75) is 76.0 Å². The van der Waals surface area contributed by atoms with E-state index < -0.39 is 0 Å². The first-order valence-corrected chi connectivity index (χ1v) is 9.23. The molecule has 1 saturated heterocycles. The Balaban J connectivity index is 1.59. The van der Waals surface area contributed by atoms with E-state index in [2.05, 4.69) is 12.2 Å². The third-order valence-corrected chi connectivity index (χ3v) is 6.44. The molecule has 0 bridgehead atoms. The van der Waals surface area contributed by atoms with Crippen LogP contribution in [0.1, 0.15) is 58.3 Å². The van der Waals surface area contributed by atoms with E-state index in [1.54, 1.807) is 0 Å². The Hall–Kier alpha value is -0.160. The highest BCUT2D eigenvalue weighted by Gasteiger charge is 2.55. The van der Waals surface area contributed by atoms with E-state index in [-0.39, 0.29) is 5.60 Å². The minimum atomic E-state index is -0.0230. The van der Waals surface area contributed by atoms with Crippen molar-refractivity contribution < 1.29 is 14.2 Å². The highest BCUT2D eigenvalue weighted by atomic mass is 16.5. The van der Waals surface area contributed by atoms with E-state index in [1.165, 1.54) is 38.5 Å². The quantitative estimate of drug-likeness (QED) is 0.819. The van der Waals surface area contributed by atoms with Gasteiger partial charge in [-0.05, 0) is 26.2 Å². The first kappa shape index (κ1) is 16.7. The second kappa shape index (κ2) is 7.16. The lowest BCUT2D eigenvalue weighted by molar-refractivity contribution is -0.157. The minimum Gasteiger partial charge on any atom is -0.381 e. The van der Waals surface area contributed by atoms with Gasteiger partial charge in [-0.3, -0.25) is 0 Å². The maximum absolute atomic E-state index is 6.05. The molecular formula is C18H33NO3. The lowest BCUT2D eigenvalue weighted by atomic mass is 9.55. The summed E-state index contributed by atoms with van der Waals surface area (Å²) in [5, 5.41) is 3.87. The van der Waals surface area contributed by atoms with E-state index in [0.29, 0.717) is 17.6 Å². The first-order valence-electron chi connectivity index (χ1n) is 9.23. The second-order valence-corrected chi connectivity index (χ2v) is 7.41. The Bertz CT molecular complexity index is 348. The molecular weight excluding hydrogens is 278 g/mol. The molecule has 1 spiro atoms. The van der Waals surface area contributed by atoms with Gasteiger partial charge < -0.3 is 19.5 Å². The molecule has 4 nitrogen and oxygen atoms in total. The zero-order valence-electron chi connectivity index (χ0n) is 14.4. The molecule has 0 aromatic heterocycles. The minimum absolute atomic E-state index is 0.0230. The maximum Gasteiger partial charge on any atom is 0.0846 e. The molecule has 0 aromatic rings. The van der Waals surface area contributed by atoms with E-state index in [0.717, 1.165) is 39.2 Å². The smallest absolute Gasteiger partial charge is 0.0846 e. The van der Waals surface area contributed by atoms with Crippen LogP contribution in [-0.2, 0) is 14.2 Å². The highest BCUT2D eigenvalue weighted by Crippen LogP contribution is 2.53. The summed E-state index contributed by atoms with van der Waals surface area (Å²) in [6.45, 7) is 5.58. The van der Waals surface area contributed by atoms with Crippen LogP contribution in [0, 0.1) is 5.41 Å². The third kappa shape index (κ3) is 3.08. The molecule has 3 rings (SSSR count). The van der Waals surface area contributed by atoms with Crippen LogP contribution in [-0.4, -0.2) is 51.2 Å². The van der Waals surface area contributed by atoms with Gasteiger partial charge in [-0.1, -0.05) is 19.3 Å². The van der Waals surface area contributed by atoms with Gasteiger partial charge in [0, 0.05) is 57.8 Å². The Morgan fingerprint density at radius 1 is 1.09 bits per heavy atom. The monoisotopic (exact) mass is 311 g/mol. The molecule has 0 aromatic carbocycles. The molecule has 0 radical (unpaired) electrons. The summed E-state index contributed by atoms with van der Waals surface area (Å²) in [7, 11) is 1.85. The average Bonchev–Trinajstić information content (AvgIpc) is 2.59. The number of nitrogens with one attached hydrogen (secondary N) is 1. The van der Waals surface area contributed by atoms with Crippen molar-refractivity contribution in [2.75, 3.05) is 33.5 Å². The van der Waals surface area contributed by atoms with Crippen LogP contribution in [0.3, 0.4) is 0 Å². The molecule has 2 aliphatic carbocycles. The van der Waals surface area contributed by atoms with Gasteiger partial charge >= 0.3 is 0 Å². The van der Waals surface area contributed by atoms with Gasteiger partial charge in [0.05, 0.1) is 11.7 Å². The van der Waals surface area contributed by atoms with E-state index in [1.807, 2.05) is 7.11 Å². The summed E-state index contributed by atoms with van der Waals surface area (Å²) < 4.78 is 17.4. The summed E-state index contributed by atoms with van der Waals surface area (Å²) in [6.07, 6.45) is 10.4. The molecule has 2 atom stereocenters. The summed E-state index contributed by atoms with van der Waals surface area (Å²) in [6, 6.07) is 0.610. The highest BCUT2D eigenvalue weighted by molar-refractivity contribution is 5.09. The van der Waals surface area contributed by atoms with E-state index in [4.69, 9.17) is 14.2 Å². The van der Waals surface area contributed by atoms with Crippen LogP contribution in [0.4, 0.5) is 0 Å². The lowest BCUT2D eigenvalue weighted by Gasteiger charge is -2.58. The molecule has 1 aliphatic heterocycles. The molecule has 3 aliphatic rings. The number of hydrogen-bond acceptors (Lipinski definition) is 4. The van der Waals surface area contributed by atoms with Crippen molar-refractivity contribution in [2.24, 2.45) is 5.41 Å². The van der Waals surface area contributed by atoms with Crippen LogP contribution in [0.2, 0.25) is 0 Å². The molecule has 1 heterocycles. The largest absolute Gasteiger partial charge is 0.381 e. The lowest BCUT2D eigenvalue weighted by Crippen LogP contribution is -2.66. The van der Waals surface area contributed by atoms with Gasteiger partial charge in [-0.2, -0.15) is 0 Å². The van der Waals surface area contributed by atoms with Gasteiger partial charge in [-0.25, -0.2) is 0 Å². The first-order chi connectivity index (χ1) is 10.7. The number of hydrogen-bond donors (Lipinski definition) is 1. The normalized spacial score (nSPS) is 33.5. The molecule has 0 unspecified atom stereocenters. The fourth-order valence-corrected chi connectivity index (χ4v) is 4.86. The molecule has 22 heavy (non-hydrogen) atoms. The van der Waals surface area contributed by atoms with Crippen molar-refractivity contribution in [1.82, 2.24) is 5.32 Å².